The van der Waals surface area contributed by atoms with Crippen LogP contribution in [0.4, 0.5) is 11.5 Å². The SMILES string of the molecule is Nc1ncc([N+](=O)[O-])cc1C(=O)NCC(=O)NC1CC1. The van der Waals surface area contributed by atoms with Gasteiger partial charge in [0.15, 0.2) is 0 Å². The van der Waals surface area contributed by atoms with Crippen molar-refractivity contribution in [2.45, 2.75) is 18.9 Å². The molecule has 1 fully saturated rings. The molecule has 1 heterocycles. The van der Waals surface area contributed by atoms with Gasteiger partial charge in [-0.15, -0.1) is 0 Å². The number of carbonyl (C=O) groups is 2. The zero-order valence-corrected chi connectivity index (χ0v) is 10.5. The van der Waals surface area contributed by atoms with Crippen LogP contribution in [0.2, 0.25) is 0 Å². The number of pyridine rings is 1. The first-order valence-electron chi connectivity index (χ1n) is 5.95. The second-order valence-electron chi connectivity index (χ2n) is 4.41. The molecule has 0 aliphatic heterocycles. The first-order chi connectivity index (χ1) is 9.47. The number of nitrogen functional groups attached to an aromatic ring is 1. The van der Waals surface area contributed by atoms with Gasteiger partial charge in [-0.25, -0.2) is 4.98 Å². The second-order valence-corrected chi connectivity index (χ2v) is 4.41. The van der Waals surface area contributed by atoms with Gasteiger partial charge in [-0.05, 0) is 12.8 Å². The minimum absolute atomic E-state index is 0.126. The Kier molecular flexibility index (Phi) is 3.78. The zero-order valence-electron chi connectivity index (χ0n) is 10.5. The Bertz CT molecular complexity index is 570. The summed E-state index contributed by atoms with van der Waals surface area (Å²) in [7, 11) is 0. The van der Waals surface area contributed by atoms with Crippen LogP contribution in [-0.2, 0) is 4.79 Å². The fourth-order valence-corrected chi connectivity index (χ4v) is 1.51. The van der Waals surface area contributed by atoms with Crippen LogP contribution in [0.3, 0.4) is 0 Å². The van der Waals surface area contributed by atoms with E-state index in [2.05, 4.69) is 15.6 Å². The molecule has 0 spiro atoms. The highest BCUT2D eigenvalue weighted by Crippen LogP contribution is 2.18. The third kappa shape index (κ3) is 3.40. The standard InChI is InChI=1S/C11H13N5O4/c12-10-8(3-7(4-13-10)16(19)20)11(18)14-5-9(17)15-6-1-2-6/h3-4,6H,1-2,5H2,(H2,12,13)(H,14,18)(H,15,17). The smallest absolute Gasteiger partial charge is 0.288 e. The van der Waals surface area contributed by atoms with Crippen LogP contribution in [0.15, 0.2) is 12.3 Å². The zero-order chi connectivity index (χ0) is 14.7. The van der Waals surface area contributed by atoms with Crippen LogP contribution in [0.5, 0.6) is 0 Å². The number of nitro groups is 1. The molecular formula is C11H13N5O4. The molecule has 4 N–H and O–H groups in total. The van der Waals surface area contributed by atoms with E-state index in [-0.39, 0.29) is 35.6 Å². The average molecular weight is 279 g/mol. The van der Waals surface area contributed by atoms with E-state index in [0.29, 0.717) is 0 Å². The molecule has 0 aromatic carbocycles. The van der Waals surface area contributed by atoms with Gasteiger partial charge in [-0.2, -0.15) is 0 Å². The first kappa shape index (κ1) is 13.7. The third-order valence-electron chi connectivity index (χ3n) is 2.71. The maximum Gasteiger partial charge on any atom is 0.288 e. The second kappa shape index (κ2) is 5.51. The number of carbonyl (C=O) groups excluding carboxylic acids is 2. The maximum absolute atomic E-state index is 11.8. The van der Waals surface area contributed by atoms with E-state index in [1.165, 1.54) is 0 Å². The lowest BCUT2D eigenvalue weighted by atomic mass is 10.2. The van der Waals surface area contributed by atoms with Crippen molar-refractivity contribution in [3.63, 3.8) is 0 Å². The molecule has 9 nitrogen and oxygen atoms in total. The van der Waals surface area contributed by atoms with Gasteiger partial charge in [0.05, 0.1) is 17.0 Å². The Morgan fingerprint density at radius 1 is 1.50 bits per heavy atom. The van der Waals surface area contributed by atoms with Gasteiger partial charge in [0.25, 0.3) is 11.6 Å². The fourth-order valence-electron chi connectivity index (χ4n) is 1.51. The van der Waals surface area contributed by atoms with E-state index in [1.807, 2.05) is 0 Å². The lowest BCUT2D eigenvalue weighted by Gasteiger charge is -2.07. The summed E-state index contributed by atoms with van der Waals surface area (Å²) in [6.45, 7) is -0.211. The molecule has 1 saturated carbocycles. The number of anilines is 1. The monoisotopic (exact) mass is 279 g/mol. The highest BCUT2D eigenvalue weighted by Gasteiger charge is 2.23. The van der Waals surface area contributed by atoms with Crippen LogP contribution in [0.1, 0.15) is 23.2 Å². The molecule has 106 valence electrons. The normalized spacial score (nSPS) is 13.6. The molecule has 0 radical (unpaired) electrons. The molecule has 0 saturated heterocycles. The van der Waals surface area contributed by atoms with Crippen LogP contribution in [0.25, 0.3) is 0 Å². The average Bonchev–Trinajstić information content (AvgIpc) is 3.20. The Morgan fingerprint density at radius 2 is 2.20 bits per heavy atom. The van der Waals surface area contributed by atoms with Crippen molar-refractivity contribution in [2.24, 2.45) is 0 Å². The Morgan fingerprint density at radius 3 is 2.80 bits per heavy atom. The van der Waals surface area contributed by atoms with Gasteiger partial charge < -0.3 is 16.4 Å². The number of nitrogens with two attached hydrogens (primary N) is 1. The van der Waals surface area contributed by atoms with E-state index in [4.69, 9.17) is 5.73 Å². The number of nitrogens with zero attached hydrogens (tertiary/aromatic N) is 2. The summed E-state index contributed by atoms with van der Waals surface area (Å²) in [5.74, 6) is -1.11. The van der Waals surface area contributed by atoms with Gasteiger partial charge >= 0.3 is 0 Å². The maximum atomic E-state index is 11.8. The minimum atomic E-state index is -0.678. The first-order valence-corrected chi connectivity index (χ1v) is 5.95. The molecule has 2 rings (SSSR count). The van der Waals surface area contributed by atoms with Crippen molar-refractivity contribution in [2.75, 3.05) is 12.3 Å². The molecule has 0 unspecified atom stereocenters. The summed E-state index contributed by atoms with van der Waals surface area (Å²) in [5.41, 5.74) is 5.03. The van der Waals surface area contributed by atoms with E-state index in [1.54, 1.807) is 0 Å². The predicted molar refractivity (Wildman–Crippen MR) is 68.8 cm³/mol. The fraction of sp³-hybridized carbons (Fsp3) is 0.364. The number of aromatic nitrogens is 1. The summed E-state index contributed by atoms with van der Waals surface area (Å²) in [6, 6.07) is 1.22. The molecule has 0 atom stereocenters. The summed E-state index contributed by atoms with van der Waals surface area (Å²) < 4.78 is 0. The number of amides is 2. The van der Waals surface area contributed by atoms with Crippen molar-refractivity contribution in [3.8, 4) is 0 Å². The Hall–Kier alpha value is -2.71. The number of hydrogen-bond donors (Lipinski definition) is 3. The highest BCUT2D eigenvalue weighted by atomic mass is 16.6. The number of rotatable bonds is 5. The summed E-state index contributed by atoms with van der Waals surface area (Å²) in [6.07, 6.45) is 2.86. The van der Waals surface area contributed by atoms with Crippen LogP contribution >= 0.6 is 0 Å². The lowest BCUT2D eigenvalue weighted by Crippen LogP contribution is -2.38. The van der Waals surface area contributed by atoms with Crippen molar-refractivity contribution in [1.29, 1.82) is 0 Å². The van der Waals surface area contributed by atoms with E-state index in [9.17, 15) is 19.7 Å². The largest absolute Gasteiger partial charge is 0.383 e. The topological polar surface area (TPSA) is 140 Å². The summed E-state index contributed by atoms with van der Waals surface area (Å²) >= 11 is 0. The van der Waals surface area contributed by atoms with E-state index in [0.717, 1.165) is 25.1 Å². The molecule has 1 aliphatic rings. The van der Waals surface area contributed by atoms with Gasteiger partial charge in [-0.3, -0.25) is 19.7 Å². The highest BCUT2D eigenvalue weighted by molar-refractivity contribution is 6.00. The summed E-state index contributed by atoms with van der Waals surface area (Å²) in [4.78, 5) is 36.7. The molecule has 1 aromatic rings. The molecule has 1 aliphatic carbocycles. The van der Waals surface area contributed by atoms with Gasteiger partial charge in [-0.1, -0.05) is 0 Å². The minimum Gasteiger partial charge on any atom is -0.383 e. The quantitative estimate of drug-likeness (QED) is 0.494. The van der Waals surface area contributed by atoms with Gasteiger partial charge in [0.1, 0.15) is 12.0 Å². The van der Waals surface area contributed by atoms with E-state index < -0.39 is 10.8 Å². The lowest BCUT2D eigenvalue weighted by molar-refractivity contribution is -0.385. The number of nitrogens with one attached hydrogen (secondary N) is 2. The van der Waals surface area contributed by atoms with Crippen molar-refractivity contribution >= 4 is 23.3 Å². The van der Waals surface area contributed by atoms with Crippen molar-refractivity contribution in [3.05, 3.63) is 27.9 Å². The third-order valence-corrected chi connectivity index (χ3v) is 2.71. The molecule has 0 bridgehead atoms. The van der Waals surface area contributed by atoms with Gasteiger partial charge in [0, 0.05) is 12.1 Å². The summed E-state index contributed by atoms with van der Waals surface area (Å²) in [5, 5.41) is 15.7. The molecular weight excluding hydrogens is 266 g/mol. The van der Waals surface area contributed by atoms with Crippen molar-refractivity contribution < 1.29 is 14.5 Å². The molecule has 1 aromatic heterocycles. The van der Waals surface area contributed by atoms with Crippen LogP contribution in [0, 0.1) is 10.1 Å². The van der Waals surface area contributed by atoms with Crippen LogP contribution in [-0.4, -0.2) is 34.3 Å². The van der Waals surface area contributed by atoms with Crippen molar-refractivity contribution in [1.82, 2.24) is 15.6 Å². The molecule has 9 heteroatoms. The van der Waals surface area contributed by atoms with E-state index >= 15 is 0 Å². The number of hydrogen-bond acceptors (Lipinski definition) is 6. The Balaban J connectivity index is 1.98. The molecule has 2 amide bonds. The molecule has 20 heavy (non-hydrogen) atoms. The predicted octanol–water partition coefficient (Wildman–Crippen LogP) is -0.420. The van der Waals surface area contributed by atoms with Gasteiger partial charge in [0.2, 0.25) is 5.91 Å². The van der Waals surface area contributed by atoms with Crippen LogP contribution < -0.4 is 16.4 Å². The Labute approximate surface area is 113 Å².